The lowest BCUT2D eigenvalue weighted by atomic mass is 10.2. The van der Waals surface area contributed by atoms with Crippen molar-refractivity contribution in [1.82, 2.24) is 24.6 Å². The zero-order valence-electron chi connectivity index (χ0n) is 13.6. The maximum atomic E-state index is 13.2. The Balaban J connectivity index is 2.00. The normalized spacial score (nSPS) is 16.6. The minimum atomic E-state index is -4.51. The van der Waals surface area contributed by atoms with Crippen LogP contribution in [0.4, 0.5) is 19.1 Å². The van der Waals surface area contributed by atoms with E-state index in [2.05, 4.69) is 20.0 Å². The molecule has 0 saturated carbocycles. The standard InChI is InChI=1S/C15H19F3N6/c1-3-24-10-11(9-19-24)12-8-13(15(16,17)18)21-14(20-12)23-6-4-22(2)5-7-23/h8-10H,3-7H2,1-2H3. The second kappa shape index (κ2) is 6.39. The molecule has 1 saturated heterocycles. The second-order valence-electron chi connectivity index (χ2n) is 5.81. The third-order valence-electron chi connectivity index (χ3n) is 4.04. The van der Waals surface area contributed by atoms with Crippen LogP contribution in [0.3, 0.4) is 0 Å². The van der Waals surface area contributed by atoms with E-state index in [-0.39, 0.29) is 11.6 Å². The smallest absolute Gasteiger partial charge is 0.338 e. The number of halogens is 3. The highest BCUT2D eigenvalue weighted by molar-refractivity contribution is 5.59. The summed E-state index contributed by atoms with van der Waals surface area (Å²) in [7, 11) is 1.98. The third kappa shape index (κ3) is 3.50. The van der Waals surface area contributed by atoms with Gasteiger partial charge in [-0.15, -0.1) is 0 Å². The number of aryl methyl sites for hydroxylation is 1. The van der Waals surface area contributed by atoms with Gasteiger partial charge in [-0.05, 0) is 20.0 Å². The summed E-state index contributed by atoms with van der Waals surface area (Å²) < 4.78 is 41.3. The van der Waals surface area contributed by atoms with Crippen LogP contribution >= 0.6 is 0 Å². The van der Waals surface area contributed by atoms with E-state index >= 15 is 0 Å². The van der Waals surface area contributed by atoms with Crippen molar-refractivity contribution in [3.63, 3.8) is 0 Å². The average Bonchev–Trinajstić information content (AvgIpc) is 3.03. The topological polar surface area (TPSA) is 50.1 Å². The van der Waals surface area contributed by atoms with E-state index in [1.165, 1.54) is 6.20 Å². The van der Waals surface area contributed by atoms with Gasteiger partial charge in [0.25, 0.3) is 0 Å². The lowest BCUT2D eigenvalue weighted by molar-refractivity contribution is -0.141. The van der Waals surface area contributed by atoms with Gasteiger partial charge in [-0.3, -0.25) is 4.68 Å². The van der Waals surface area contributed by atoms with Crippen molar-refractivity contribution in [2.24, 2.45) is 0 Å². The fourth-order valence-electron chi connectivity index (χ4n) is 2.54. The molecule has 0 amide bonds. The van der Waals surface area contributed by atoms with Crippen LogP contribution in [0.1, 0.15) is 12.6 Å². The molecule has 2 aromatic rings. The number of hydrogen-bond acceptors (Lipinski definition) is 5. The average molecular weight is 340 g/mol. The van der Waals surface area contributed by atoms with Crippen molar-refractivity contribution in [3.05, 3.63) is 24.2 Å². The van der Waals surface area contributed by atoms with E-state index in [0.717, 1.165) is 19.2 Å². The molecule has 3 rings (SSSR count). The van der Waals surface area contributed by atoms with Gasteiger partial charge in [0.2, 0.25) is 5.95 Å². The molecule has 24 heavy (non-hydrogen) atoms. The van der Waals surface area contributed by atoms with Crippen LogP contribution in [-0.2, 0) is 12.7 Å². The largest absolute Gasteiger partial charge is 0.433 e. The SMILES string of the molecule is CCn1cc(-c2cc(C(F)(F)F)nc(N3CCN(C)CC3)n2)cn1. The highest BCUT2D eigenvalue weighted by Crippen LogP contribution is 2.31. The Labute approximate surface area is 137 Å². The number of hydrogen-bond donors (Lipinski definition) is 0. The van der Waals surface area contributed by atoms with E-state index < -0.39 is 11.9 Å². The molecule has 0 aromatic carbocycles. The van der Waals surface area contributed by atoms with Crippen LogP contribution in [-0.4, -0.2) is 57.9 Å². The lowest BCUT2D eigenvalue weighted by Crippen LogP contribution is -2.45. The molecule has 1 fully saturated rings. The third-order valence-corrected chi connectivity index (χ3v) is 4.04. The van der Waals surface area contributed by atoms with E-state index in [1.54, 1.807) is 15.8 Å². The summed E-state index contributed by atoms with van der Waals surface area (Å²) in [5, 5.41) is 4.11. The summed E-state index contributed by atoms with van der Waals surface area (Å²) in [6.45, 7) is 5.29. The zero-order valence-corrected chi connectivity index (χ0v) is 13.6. The van der Waals surface area contributed by atoms with E-state index in [4.69, 9.17) is 0 Å². The molecule has 2 aromatic heterocycles. The molecule has 9 heteroatoms. The minimum absolute atomic E-state index is 0.122. The summed E-state index contributed by atoms with van der Waals surface area (Å²) in [6.07, 6.45) is -1.30. The quantitative estimate of drug-likeness (QED) is 0.857. The van der Waals surface area contributed by atoms with Gasteiger partial charge in [0.05, 0.1) is 11.9 Å². The monoisotopic (exact) mass is 340 g/mol. The Morgan fingerprint density at radius 3 is 2.42 bits per heavy atom. The number of rotatable bonds is 3. The molecule has 0 atom stereocenters. The van der Waals surface area contributed by atoms with Gasteiger partial charge in [0, 0.05) is 44.5 Å². The maximum absolute atomic E-state index is 13.2. The first-order valence-electron chi connectivity index (χ1n) is 7.79. The van der Waals surface area contributed by atoms with Gasteiger partial charge < -0.3 is 9.80 Å². The van der Waals surface area contributed by atoms with Crippen molar-refractivity contribution < 1.29 is 13.2 Å². The van der Waals surface area contributed by atoms with Gasteiger partial charge in [0.1, 0.15) is 0 Å². The van der Waals surface area contributed by atoms with Crippen LogP contribution < -0.4 is 4.90 Å². The fraction of sp³-hybridized carbons (Fsp3) is 0.533. The van der Waals surface area contributed by atoms with Crippen molar-refractivity contribution in [3.8, 4) is 11.3 Å². The predicted octanol–water partition coefficient (Wildman–Crippen LogP) is 2.13. The predicted molar refractivity (Wildman–Crippen MR) is 83.6 cm³/mol. The van der Waals surface area contributed by atoms with Crippen molar-refractivity contribution in [1.29, 1.82) is 0 Å². The van der Waals surface area contributed by atoms with Crippen molar-refractivity contribution in [2.75, 3.05) is 38.1 Å². The van der Waals surface area contributed by atoms with Crippen LogP contribution in [0, 0.1) is 0 Å². The highest BCUT2D eigenvalue weighted by Gasteiger charge is 2.34. The summed E-state index contributed by atoms with van der Waals surface area (Å²) >= 11 is 0. The van der Waals surface area contributed by atoms with E-state index in [0.29, 0.717) is 25.2 Å². The number of alkyl halides is 3. The van der Waals surface area contributed by atoms with E-state index in [1.807, 2.05) is 14.0 Å². The summed E-state index contributed by atoms with van der Waals surface area (Å²) in [6, 6.07) is 0.983. The number of nitrogens with zero attached hydrogens (tertiary/aromatic N) is 6. The Kier molecular flexibility index (Phi) is 4.44. The Hall–Kier alpha value is -2.16. The fourth-order valence-corrected chi connectivity index (χ4v) is 2.54. The molecular formula is C15H19F3N6. The number of anilines is 1. The molecule has 1 aliphatic rings. The lowest BCUT2D eigenvalue weighted by Gasteiger charge is -2.32. The molecule has 0 spiro atoms. The molecule has 0 bridgehead atoms. The van der Waals surface area contributed by atoms with Gasteiger partial charge in [-0.1, -0.05) is 0 Å². The molecule has 0 radical (unpaired) electrons. The van der Waals surface area contributed by atoms with Crippen LogP contribution in [0.5, 0.6) is 0 Å². The van der Waals surface area contributed by atoms with Crippen molar-refractivity contribution >= 4 is 5.95 Å². The van der Waals surface area contributed by atoms with Gasteiger partial charge >= 0.3 is 6.18 Å². The zero-order chi connectivity index (χ0) is 17.3. The first kappa shape index (κ1) is 16.7. The van der Waals surface area contributed by atoms with Gasteiger partial charge in [-0.2, -0.15) is 18.3 Å². The maximum Gasteiger partial charge on any atom is 0.433 e. The Bertz CT molecular complexity index is 703. The molecule has 3 heterocycles. The number of piperazine rings is 1. The second-order valence-corrected chi connectivity index (χ2v) is 5.81. The molecule has 6 nitrogen and oxygen atoms in total. The van der Waals surface area contributed by atoms with Crippen molar-refractivity contribution in [2.45, 2.75) is 19.6 Å². The molecule has 0 N–H and O–H groups in total. The molecular weight excluding hydrogens is 321 g/mol. The Morgan fingerprint density at radius 1 is 1.12 bits per heavy atom. The minimum Gasteiger partial charge on any atom is -0.338 e. The molecule has 1 aliphatic heterocycles. The Morgan fingerprint density at radius 2 is 1.83 bits per heavy atom. The molecule has 0 aliphatic carbocycles. The number of aromatic nitrogens is 4. The summed E-state index contributed by atoms with van der Waals surface area (Å²) in [5.41, 5.74) is -0.128. The number of likely N-dealkylation sites (N-methyl/N-ethyl adjacent to an activating group) is 1. The summed E-state index contributed by atoms with van der Waals surface area (Å²) in [4.78, 5) is 12.0. The first-order chi connectivity index (χ1) is 11.4. The highest BCUT2D eigenvalue weighted by atomic mass is 19.4. The molecule has 0 unspecified atom stereocenters. The van der Waals surface area contributed by atoms with E-state index in [9.17, 15) is 13.2 Å². The van der Waals surface area contributed by atoms with Crippen LogP contribution in [0.25, 0.3) is 11.3 Å². The van der Waals surface area contributed by atoms with Gasteiger partial charge in [0.15, 0.2) is 5.69 Å². The molecule has 130 valence electrons. The summed E-state index contributed by atoms with van der Waals surface area (Å²) in [5.74, 6) is 0.122. The van der Waals surface area contributed by atoms with Crippen LogP contribution in [0.15, 0.2) is 18.5 Å². The first-order valence-corrected chi connectivity index (χ1v) is 7.79. The van der Waals surface area contributed by atoms with Gasteiger partial charge in [-0.25, -0.2) is 9.97 Å². The van der Waals surface area contributed by atoms with Crippen LogP contribution in [0.2, 0.25) is 0 Å².